The minimum Gasteiger partial charge on any atom is -0.423 e. The van der Waals surface area contributed by atoms with Gasteiger partial charge in [0.1, 0.15) is 0 Å². The highest BCUT2D eigenvalue weighted by atomic mass is 16.4. The van der Waals surface area contributed by atoms with Crippen molar-refractivity contribution in [2.45, 2.75) is 0 Å². The van der Waals surface area contributed by atoms with E-state index in [1.807, 2.05) is 30.3 Å². The number of nitrogens with one attached hydrogen (secondary N) is 1. The van der Waals surface area contributed by atoms with Crippen molar-refractivity contribution in [1.29, 1.82) is 5.41 Å². The molecule has 0 aliphatic rings. The first-order valence-electron chi connectivity index (χ1n) is 4.16. The quantitative estimate of drug-likeness (QED) is 0.406. The van der Waals surface area contributed by atoms with Crippen molar-refractivity contribution in [3.8, 4) is 0 Å². The molecule has 0 amide bonds. The van der Waals surface area contributed by atoms with Crippen molar-refractivity contribution in [2.75, 3.05) is 6.61 Å². The van der Waals surface area contributed by atoms with Gasteiger partial charge in [0.05, 0.1) is 0 Å². The van der Waals surface area contributed by atoms with Crippen molar-refractivity contribution in [3.05, 3.63) is 43.0 Å². The summed E-state index contributed by atoms with van der Waals surface area (Å²) >= 11 is 0. The van der Waals surface area contributed by atoms with Crippen LogP contribution in [-0.4, -0.2) is 19.6 Å². The highest BCUT2D eigenvalue weighted by molar-refractivity contribution is 6.90. The molecular weight excluding hydrogens is 161 g/mol. The fraction of sp³-hybridized carbons (Fsp3) is 0.100. The van der Waals surface area contributed by atoms with E-state index in [0.717, 1.165) is 5.46 Å². The summed E-state index contributed by atoms with van der Waals surface area (Å²) in [5.41, 5.74) is 0.999. The van der Waals surface area contributed by atoms with Gasteiger partial charge >= 0.3 is 6.92 Å². The summed E-state index contributed by atoms with van der Waals surface area (Å²) in [7, 11) is 0. The summed E-state index contributed by atoms with van der Waals surface area (Å²) in [6.07, 6.45) is 2.97. The summed E-state index contributed by atoms with van der Waals surface area (Å²) in [5, 5.41) is 7.19. The zero-order valence-electron chi connectivity index (χ0n) is 7.44. The predicted octanol–water partition coefficient (Wildman–Crippen LogP) is 1.28. The van der Waals surface area contributed by atoms with Gasteiger partial charge in [0.2, 0.25) is 0 Å². The van der Waals surface area contributed by atoms with Crippen LogP contribution in [0.1, 0.15) is 0 Å². The first-order chi connectivity index (χ1) is 6.38. The molecule has 0 aromatic heterocycles. The Labute approximate surface area is 78.9 Å². The third kappa shape index (κ3) is 2.88. The summed E-state index contributed by atoms with van der Waals surface area (Å²) in [4.78, 5) is 0. The second-order valence-electron chi connectivity index (χ2n) is 2.62. The smallest absolute Gasteiger partial charge is 0.372 e. The molecule has 3 heteroatoms. The maximum Gasteiger partial charge on any atom is 0.372 e. The van der Waals surface area contributed by atoms with Gasteiger partial charge in [0, 0.05) is 6.61 Å². The van der Waals surface area contributed by atoms with E-state index in [1.54, 1.807) is 6.08 Å². The molecule has 1 N–H and O–H groups in total. The summed E-state index contributed by atoms with van der Waals surface area (Å²) in [6.45, 7) is 3.78. The fourth-order valence-electron chi connectivity index (χ4n) is 1.05. The second kappa shape index (κ2) is 5.33. The van der Waals surface area contributed by atoms with Crippen molar-refractivity contribution in [3.63, 3.8) is 0 Å². The van der Waals surface area contributed by atoms with Crippen LogP contribution in [-0.2, 0) is 4.65 Å². The Hall–Kier alpha value is -1.35. The molecule has 0 aliphatic heterocycles. The lowest BCUT2D eigenvalue weighted by Gasteiger charge is -2.07. The first kappa shape index (κ1) is 9.74. The Kier molecular flexibility index (Phi) is 3.99. The minimum absolute atomic E-state index is 0.251. The lowest BCUT2D eigenvalue weighted by molar-refractivity contribution is 0.385. The van der Waals surface area contributed by atoms with Gasteiger partial charge in [-0.1, -0.05) is 36.4 Å². The SMILES string of the molecule is C=CCOB(C=N)c1ccccc1. The molecule has 0 atom stereocenters. The third-order valence-corrected chi connectivity index (χ3v) is 1.67. The predicted molar refractivity (Wildman–Crippen MR) is 56.8 cm³/mol. The zero-order valence-corrected chi connectivity index (χ0v) is 7.44. The highest BCUT2D eigenvalue weighted by Gasteiger charge is 2.13. The minimum atomic E-state index is -0.251. The van der Waals surface area contributed by atoms with Crippen LogP contribution in [0.3, 0.4) is 0 Å². The monoisotopic (exact) mass is 173 g/mol. The number of rotatable bonds is 5. The molecule has 66 valence electrons. The van der Waals surface area contributed by atoms with Crippen LogP contribution in [0.5, 0.6) is 0 Å². The van der Waals surface area contributed by atoms with Crippen LogP contribution in [0, 0.1) is 5.41 Å². The van der Waals surface area contributed by atoms with Gasteiger partial charge in [-0.05, 0) is 11.6 Å². The van der Waals surface area contributed by atoms with Gasteiger partial charge in [-0.3, -0.25) is 0 Å². The van der Waals surface area contributed by atoms with E-state index in [-0.39, 0.29) is 6.92 Å². The Morgan fingerprint density at radius 2 is 2.08 bits per heavy atom. The van der Waals surface area contributed by atoms with Crippen molar-refractivity contribution >= 4 is 18.5 Å². The molecule has 0 bridgehead atoms. The molecule has 13 heavy (non-hydrogen) atoms. The lowest BCUT2D eigenvalue weighted by Crippen LogP contribution is -2.35. The maximum atomic E-state index is 7.19. The van der Waals surface area contributed by atoms with E-state index in [0.29, 0.717) is 6.61 Å². The molecule has 0 spiro atoms. The molecule has 0 saturated heterocycles. The second-order valence-corrected chi connectivity index (χ2v) is 2.62. The van der Waals surface area contributed by atoms with Gasteiger partial charge in [-0.2, -0.15) is 0 Å². The highest BCUT2D eigenvalue weighted by Crippen LogP contribution is 1.89. The largest absolute Gasteiger partial charge is 0.423 e. The van der Waals surface area contributed by atoms with Crippen LogP contribution in [0.4, 0.5) is 0 Å². The summed E-state index contributed by atoms with van der Waals surface area (Å²) in [5.74, 6) is 0. The molecule has 0 unspecified atom stereocenters. The lowest BCUT2D eigenvalue weighted by atomic mass is 9.62. The summed E-state index contributed by atoms with van der Waals surface area (Å²) in [6, 6.07) is 9.70. The van der Waals surface area contributed by atoms with Crippen molar-refractivity contribution in [2.24, 2.45) is 0 Å². The van der Waals surface area contributed by atoms with Gasteiger partial charge in [-0.15, -0.1) is 6.58 Å². The van der Waals surface area contributed by atoms with Crippen LogP contribution in [0.2, 0.25) is 0 Å². The van der Waals surface area contributed by atoms with E-state index in [4.69, 9.17) is 10.1 Å². The maximum absolute atomic E-state index is 7.19. The molecule has 1 rings (SSSR count). The van der Waals surface area contributed by atoms with Crippen LogP contribution < -0.4 is 5.46 Å². The molecule has 0 saturated carbocycles. The topological polar surface area (TPSA) is 33.1 Å². The van der Waals surface area contributed by atoms with E-state index in [9.17, 15) is 0 Å². The normalized spacial score (nSPS) is 9.23. The molecule has 0 heterocycles. The number of hydrogen-bond acceptors (Lipinski definition) is 2. The average Bonchev–Trinajstić information content (AvgIpc) is 2.21. The van der Waals surface area contributed by atoms with Gasteiger partial charge < -0.3 is 10.1 Å². The Morgan fingerprint density at radius 1 is 1.38 bits per heavy atom. The zero-order chi connectivity index (χ0) is 9.52. The van der Waals surface area contributed by atoms with E-state index >= 15 is 0 Å². The van der Waals surface area contributed by atoms with Crippen molar-refractivity contribution in [1.82, 2.24) is 0 Å². The molecule has 1 aromatic carbocycles. The number of benzene rings is 1. The van der Waals surface area contributed by atoms with Crippen LogP contribution in [0.25, 0.3) is 0 Å². The third-order valence-electron chi connectivity index (χ3n) is 1.67. The Bertz CT molecular complexity index is 274. The van der Waals surface area contributed by atoms with Crippen LogP contribution >= 0.6 is 0 Å². The van der Waals surface area contributed by atoms with Crippen molar-refractivity contribution < 1.29 is 4.65 Å². The average molecular weight is 173 g/mol. The standard InChI is InChI=1S/C10H12BNO/c1-2-8-13-11(9-12)10-6-4-3-5-7-10/h2-7,9,12H,1,8H2. The van der Waals surface area contributed by atoms with Crippen LogP contribution in [0.15, 0.2) is 43.0 Å². The van der Waals surface area contributed by atoms with Gasteiger partial charge in [0.25, 0.3) is 0 Å². The molecule has 0 radical (unpaired) electrons. The Balaban J connectivity index is 2.66. The molecular formula is C10H12BNO. The number of hydrogen-bond donors (Lipinski definition) is 1. The van der Waals surface area contributed by atoms with E-state index in [2.05, 4.69) is 6.58 Å². The fourth-order valence-corrected chi connectivity index (χ4v) is 1.05. The van der Waals surface area contributed by atoms with Gasteiger partial charge in [0.15, 0.2) is 0 Å². The Morgan fingerprint density at radius 3 is 2.62 bits per heavy atom. The van der Waals surface area contributed by atoms with Gasteiger partial charge in [-0.25, -0.2) is 0 Å². The molecule has 1 aromatic rings. The molecule has 2 nitrogen and oxygen atoms in total. The molecule has 0 fully saturated rings. The molecule has 0 aliphatic carbocycles. The van der Waals surface area contributed by atoms with E-state index in [1.165, 1.54) is 6.11 Å². The first-order valence-corrected chi connectivity index (χ1v) is 4.16. The van der Waals surface area contributed by atoms with E-state index < -0.39 is 0 Å². The summed E-state index contributed by atoms with van der Waals surface area (Å²) < 4.78 is 5.37.